The van der Waals surface area contributed by atoms with Gasteiger partial charge in [-0.3, -0.25) is 9.79 Å². The number of halogens is 1. The van der Waals surface area contributed by atoms with Crippen LogP contribution in [0, 0.1) is 5.92 Å². The molecule has 1 N–H and O–H groups in total. The summed E-state index contributed by atoms with van der Waals surface area (Å²) in [4.78, 5) is 18.6. The fourth-order valence-electron chi connectivity index (χ4n) is 2.56. The molecule has 1 saturated heterocycles. The van der Waals surface area contributed by atoms with Crippen molar-refractivity contribution in [2.45, 2.75) is 58.1 Å². The molecule has 0 aromatic rings. The van der Waals surface area contributed by atoms with Gasteiger partial charge in [-0.25, -0.2) is 0 Å². The van der Waals surface area contributed by atoms with E-state index >= 15 is 0 Å². The minimum Gasteiger partial charge on any atom is -0.460 e. The normalized spacial score (nSPS) is 23.3. The second kappa shape index (κ2) is 7.65. The van der Waals surface area contributed by atoms with Crippen LogP contribution in [-0.4, -0.2) is 48.6 Å². The highest BCUT2D eigenvalue weighted by Crippen LogP contribution is 2.22. The maximum atomic E-state index is 12.1. The number of hydrogen-bond acceptors (Lipinski definition) is 3. The summed E-state index contributed by atoms with van der Waals surface area (Å²) in [6, 6.07) is 0.564. The first-order valence-electron chi connectivity index (χ1n) is 7.60. The first kappa shape index (κ1) is 18.5. The molecule has 0 aromatic carbocycles. The van der Waals surface area contributed by atoms with Crippen molar-refractivity contribution in [3.8, 4) is 0 Å². The van der Waals surface area contributed by atoms with Crippen LogP contribution in [0.2, 0.25) is 0 Å². The molecular weight excluding hydrogens is 381 g/mol. The highest BCUT2D eigenvalue weighted by molar-refractivity contribution is 14.0. The summed E-state index contributed by atoms with van der Waals surface area (Å²) in [6.45, 7) is 7.32. The quantitative estimate of drug-likeness (QED) is 0.330. The van der Waals surface area contributed by atoms with Gasteiger partial charge in [0.25, 0.3) is 0 Å². The number of carbonyl (C=O) groups excluding carboxylic acids is 1. The highest BCUT2D eigenvalue weighted by Gasteiger charge is 2.34. The predicted octanol–water partition coefficient (Wildman–Crippen LogP) is 2.40. The Bertz CT molecular complexity index is 389. The van der Waals surface area contributed by atoms with Gasteiger partial charge in [0.1, 0.15) is 5.60 Å². The van der Waals surface area contributed by atoms with E-state index in [1.807, 2.05) is 27.8 Å². The molecule has 0 radical (unpaired) electrons. The molecule has 1 aliphatic heterocycles. The van der Waals surface area contributed by atoms with Gasteiger partial charge in [-0.05, 0) is 46.5 Å². The zero-order chi connectivity index (χ0) is 14.8. The Morgan fingerprint density at radius 2 is 1.95 bits per heavy atom. The van der Waals surface area contributed by atoms with Crippen molar-refractivity contribution >= 4 is 35.9 Å². The summed E-state index contributed by atoms with van der Waals surface area (Å²) in [7, 11) is 1.81. The van der Waals surface area contributed by atoms with E-state index in [4.69, 9.17) is 4.74 Å². The van der Waals surface area contributed by atoms with E-state index in [0.717, 1.165) is 18.9 Å². The third kappa shape index (κ3) is 5.30. The second-order valence-electron chi connectivity index (χ2n) is 6.78. The van der Waals surface area contributed by atoms with E-state index in [1.165, 1.54) is 19.3 Å². The van der Waals surface area contributed by atoms with E-state index in [2.05, 4.69) is 15.2 Å². The first-order valence-corrected chi connectivity index (χ1v) is 7.60. The van der Waals surface area contributed by atoms with E-state index in [9.17, 15) is 4.79 Å². The fourth-order valence-corrected chi connectivity index (χ4v) is 2.56. The largest absolute Gasteiger partial charge is 0.460 e. The molecule has 21 heavy (non-hydrogen) atoms. The maximum Gasteiger partial charge on any atom is 0.311 e. The van der Waals surface area contributed by atoms with Gasteiger partial charge in [0.2, 0.25) is 0 Å². The molecular formula is C15H28IN3O2. The number of esters is 1. The van der Waals surface area contributed by atoms with Gasteiger partial charge in [0, 0.05) is 26.2 Å². The molecule has 5 nitrogen and oxygen atoms in total. The van der Waals surface area contributed by atoms with Crippen molar-refractivity contribution in [3.05, 3.63) is 0 Å². The van der Waals surface area contributed by atoms with Crippen LogP contribution in [0.4, 0.5) is 0 Å². The van der Waals surface area contributed by atoms with Crippen LogP contribution in [0.1, 0.15) is 46.5 Å². The van der Waals surface area contributed by atoms with Gasteiger partial charge in [-0.1, -0.05) is 0 Å². The highest BCUT2D eigenvalue weighted by atomic mass is 127. The van der Waals surface area contributed by atoms with E-state index < -0.39 is 5.60 Å². The van der Waals surface area contributed by atoms with Gasteiger partial charge in [-0.2, -0.15) is 0 Å². The topological polar surface area (TPSA) is 53.9 Å². The van der Waals surface area contributed by atoms with Crippen molar-refractivity contribution in [2.75, 3.05) is 20.1 Å². The number of aliphatic imine (C=N–C) groups is 1. The lowest BCUT2D eigenvalue weighted by Gasteiger charge is -2.31. The number of ether oxygens (including phenoxy) is 1. The zero-order valence-electron chi connectivity index (χ0n) is 13.5. The molecule has 0 bridgehead atoms. The van der Waals surface area contributed by atoms with Crippen molar-refractivity contribution in [1.29, 1.82) is 0 Å². The third-order valence-corrected chi connectivity index (χ3v) is 3.88. The Labute approximate surface area is 144 Å². The molecule has 2 aliphatic rings. The fraction of sp³-hybridized carbons (Fsp3) is 0.867. The monoisotopic (exact) mass is 409 g/mol. The van der Waals surface area contributed by atoms with Gasteiger partial charge < -0.3 is 15.0 Å². The summed E-state index contributed by atoms with van der Waals surface area (Å²) >= 11 is 0. The van der Waals surface area contributed by atoms with Crippen LogP contribution in [-0.2, 0) is 9.53 Å². The molecule has 1 saturated carbocycles. The third-order valence-electron chi connectivity index (χ3n) is 3.88. The molecule has 2 fully saturated rings. The van der Waals surface area contributed by atoms with Crippen LogP contribution in [0.15, 0.2) is 4.99 Å². The Morgan fingerprint density at radius 3 is 2.43 bits per heavy atom. The number of guanidine groups is 1. The van der Waals surface area contributed by atoms with Crippen molar-refractivity contribution in [1.82, 2.24) is 10.2 Å². The van der Waals surface area contributed by atoms with Gasteiger partial charge in [0.05, 0.1) is 5.92 Å². The number of nitrogens with one attached hydrogen (secondary N) is 1. The molecule has 0 spiro atoms. The van der Waals surface area contributed by atoms with Gasteiger partial charge >= 0.3 is 5.97 Å². The summed E-state index contributed by atoms with van der Waals surface area (Å²) in [5.74, 6) is 0.814. The van der Waals surface area contributed by atoms with Crippen LogP contribution >= 0.6 is 24.0 Å². The smallest absolute Gasteiger partial charge is 0.311 e. The van der Waals surface area contributed by atoms with Crippen LogP contribution < -0.4 is 5.32 Å². The lowest BCUT2D eigenvalue weighted by atomic mass is 9.93. The SMILES string of the molecule is CN=C(NC1CCC1)N1CCC(C(=O)OC(C)(C)C)C1.I. The summed E-state index contributed by atoms with van der Waals surface area (Å²) in [5.41, 5.74) is -0.406. The number of carbonyl (C=O) groups is 1. The minimum absolute atomic E-state index is 0. The number of rotatable bonds is 2. The number of hydrogen-bond donors (Lipinski definition) is 1. The van der Waals surface area contributed by atoms with E-state index in [0.29, 0.717) is 12.6 Å². The zero-order valence-corrected chi connectivity index (χ0v) is 15.8. The molecule has 1 heterocycles. The van der Waals surface area contributed by atoms with E-state index in [1.54, 1.807) is 0 Å². The minimum atomic E-state index is -0.406. The molecule has 2 rings (SSSR count). The molecule has 1 aliphatic carbocycles. The molecule has 0 aromatic heterocycles. The number of nitrogens with zero attached hydrogens (tertiary/aromatic N) is 2. The van der Waals surface area contributed by atoms with Gasteiger partial charge in [0.15, 0.2) is 5.96 Å². The van der Waals surface area contributed by atoms with Crippen molar-refractivity contribution < 1.29 is 9.53 Å². The predicted molar refractivity (Wildman–Crippen MR) is 95.1 cm³/mol. The molecule has 1 unspecified atom stereocenters. The maximum absolute atomic E-state index is 12.1. The lowest BCUT2D eigenvalue weighted by molar-refractivity contribution is -0.159. The van der Waals surface area contributed by atoms with Gasteiger partial charge in [-0.15, -0.1) is 24.0 Å². The van der Waals surface area contributed by atoms with Crippen molar-refractivity contribution in [3.63, 3.8) is 0 Å². The lowest BCUT2D eigenvalue weighted by Crippen LogP contribution is -2.47. The summed E-state index contributed by atoms with van der Waals surface area (Å²) < 4.78 is 5.47. The van der Waals surface area contributed by atoms with Crippen LogP contribution in [0.3, 0.4) is 0 Å². The average Bonchev–Trinajstić information content (AvgIpc) is 2.75. The Hall–Kier alpha value is -0.530. The Balaban J connectivity index is 0.00000220. The molecule has 122 valence electrons. The van der Waals surface area contributed by atoms with Crippen LogP contribution in [0.5, 0.6) is 0 Å². The number of likely N-dealkylation sites (tertiary alicyclic amines) is 1. The van der Waals surface area contributed by atoms with Crippen molar-refractivity contribution in [2.24, 2.45) is 10.9 Å². The van der Waals surface area contributed by atoms with Crippen LogP contribution in [0.25, 0.3) is 0 Å². The average molecular weight is 409 g/mol. The summed E-state index contributed by atoms with van der Waals surface area (Å²) in [5, 5.41) is 3.48. The molecule has 0 amide bonds. The molecule has 6 heteroatoms. The Kier molecular flexibility index (Phi) is 6.74. The Morgan fingerprint density at radius 1 is 1.29 bits per heavy atom. The first-order chi connectivity index (χ1) is 9.39. The second-order valence-corrected chi connectivity index (χ2v) is 6.78. The molecule has 1 atom stereocenters. The standard InChI is InChI=1S/C15H27N3O2.HI/c1-15(2,3)20-13(19)11-8-9-18(10-11)14(16-4)17-12-6-5-7-12;/h11-12H,5-10H2,1-4H3,(H,16,17);1H. The summed E-state index contributed by atoms with van der Waals surface area (Å²) in [6.07, 6.45) is 4.60. The van der Waals surface area contributed by atoms with E-state index in [-0.39, 0.29) is 35.9 Å².